The molecule has 0 aliphatic heterocycles. The summed E-state index contributed by atoms with van der Waals surface area (Å²) in [5.41, 5.74) is 5.77. The first-order chi connectivity index (χ1) is 21.8. The second-order valence-electron chi connectivity index (χ2n) is 12.0. The van der Waals surface area contributed by atoms with E-state index in [0.29, 0.717) is 0 Å². The zero-order valence-electron chi connectivity index (χ0n) is 23.9. The minimum Gasteiger partial charge on any atom is -0.256 e. The Kier molecular flexibility index (Phi) is 4.78. The Morgan fingerprint density at radius 3 is 1.41 bits per heavy atom. The normalized spacial score (nSPS) is 12.1. The van der Waals surface area contributed by atoms with Gasteiger partial charge in [-0.05, 0) is 106 Å². The molecule has 0 saturated heterocycles. The SMILES string of the molecule is c1ccc2ncc(-c3ccc(-c4cc5ccc6cccc7c8cccc9ccc%10cccc(c(c4)c5c67)c%10c98)cc3)cc2c1. The molecule has 1 nitrogen and oxygen atoms in total. The number of para-hydroxylation sites is 1. The van der Waals surface area contributed by atoms with Crippen LogP contribution in [0.5, 0.6) is 0 Å². The van der Waals surface area contributed by atoms with Crippen LogP contribution in [0.15, 0.2) is 152 Å². The number of aromatic nitrogens is 1. The summed E-state index contributed by atoms with van der Waals surface area (Å²) in [7, 11) is 0. The monoisotopic (exact) mass is 555 g/mol. The number of benzene rings is 8. The molecule has 9 aromatic carbocycles. The summed E-state index contributed by atoms with van der Waals surface area (Å²) in [6.07, 6.45) is 1.98. The van der Waals surface area contributed by atoms with Gasteiger partial charge in [0.15, 0.2) is 0 Å². The van der Waals surface area contributed by atoms with E-state index in [-0.39, 0.29) is 0 Å². The Hall–Kier alpha value is -5.79. The third-order valence-electron chi connectivity index (χ3n) is 9.57. The maximum absolute atomic E-state index is 4.69. The van der Waals surface area contributed by atoms with Gasteiger partial charge in [0, 0.05) is 17.1 Å². The second kappa shape index (κ2) is 8.86. The van der Waals surface area contributed by atoms with Gasteiger partial charge < -0.3 is 0 Å². The number of hydrogen-bond donors (Lipinski definition) is 0. The predicted octanol–water partition coefficient (Wildman–Crippen LogP) is 11.9. The van der Waals surface area contributed by atoms with E-state index in [9.17, 15) is 0 Å². The van der Waals surface area contributed by atoms with Crippen molar-refractivity contribution < 1.29 is 0 Å². The van der Waals surface area contributed by atoms with Crippen LogP contribution in [0.1, 0.15) is 0 Å². The molecule has 44 heavy (non-hydrogen) atoms. The number of hydrogen-bond acceptors (Lipinski definition) is 1. The summed E-state index contributed by atoms with van der Waals surface area (Å²) in [5, 5.41) is 16.8. The molecule has 1 heteroatoms. The van der Waals surface area contributed by atoms with Gasteiger partial charge in [-0.3, -0.25) is 4.98 Å². The average molecular weight is 556 g/mol. The Labute approximate surface area is 254 Å². The average Bonchev–Trinajstić information content (AvgIpc) is 3.09. The van der Waals surface area contributed by atoms with E-state index in [4.69, 9.17) is 4.98 Å². The molecule has 0 unspecified atom stereocenters. The first kappa shape index (κ1) is 23.7. The van der Waals surface area contributed by atoms with Gasteiger partial charge in [-0.25, -0.2) is 0 Å². The molecule has 0 amide bonds. The Morgan fingerprint density at radius 2 is 0.773 bits per heavy atom. The van der Waals surface area contributed by atoms with Crippen LogP contribution in [0, 0.1) is 0 Å². The molecule has 0 saturated carbocycles. The lowest BCUT2D eigenvalue weighted by molar-refractivity contribution is 1.41. The van der Waals surface area contributed by atoms with E-state index in [2.05, 4.69) is 140 Å². The quantitative estimate of drug-likeness (QED) is 0.193. The van der Waals surface area contributed by atoms with Crippen LogP contribution in [0.2, 0.25) is 0 Å². The molecule has 0 aliphatic carbocycles. The molecule has 10 aromatic rings. The third-order valence-corrected chi connectivity index (χ3v) is 9.57. The first-order valence-electron chi connectivity index (χ1n) is 15.2. The van der Waals surface area contributed by atoms with E-state index in [1.54, 1.807) is 0 Å². The number of nitrogens with zero attached hydrogens (tertiary/aromatic N) is 1. The van der Waals surface area contributed by atoms with Crippen molar-refractivity contribution in [2.75, 3.05) is 0 Å². The van der Waals surface area contributed by atoms with Crippen molar-refractivity contribution in [2.24, 2.45) is 0 Å². The van der Waals surface area contributed by atoms with Crippen molar-refractivity contribution in [3.8, 4) is 22.3 Å². The molecule has 0 radical (unpaired) electrons. The molecule has 1 aromatic heterocycles. The van der Waals surface area contributed by atoms with Crippen LogP contribution in [0.25, 0.3) is 97.8 Å². The minimum atomic E-state index is 1.02. The van der Waals surface area contributed by atoms with Crippen LogP contribution in [-0.2, 0) is 0 Å². The first-order valence-corrected chi connectivity index (χ1v) is 15.2. The third kappa shape index (κ3) is 3.32. The molecule has 0 atom stereocenters. The lowest BCUT2D eigenvalue weighted by atomic mass is 9.86. The number of fused-ring (bicyclic) bond motifs is 3. The van der Waals surface area contributed by atoms with Gasteiger partial charge in [0.25, 0.3) is 0 Å². The van der Waals surface area contributed by atoms with E-state index in [0.717, 1.165) is 16.5 Å². The van der Waals surface area contributed by atoms with Gasteiger partial charge >= 0.3 is 0 Å². The lowest BCUT2D eigenvalue weighted by Gasteiger charge is -2.17. The van der Waals surface area contributed by atoms with Gasteiger partial charge in [-0.15, -0.1) is 0 Å². The van der Waals surface area contributed by atoms with Crippen LogP contribution in [0.4, 0.5) is 0 Å². The van der Waals surface area contributed by atoms with Crippen molar-refractivity contribution in [3.05, 3.63) is 152 Å². The molecular weight excluding hydrogens is 530 g/mol. The maximum Gasteiger partial charge on any atom is 0.0702 e. The largest absolute Gasteiger partial charge is 0.256 e. The van der Waals surface area contributed by atoms with E-state index >= 15 is 0 Å². The van der Waals surface area contributed by atoms with E-state index in [1.807, 2.05) is 12.3 Å². The van der Waals surface area contributed by atoms with Crippen LogP contribution in [0.3, 0.4) is 0 Å². The van der Waals surface area contributed by atoms with Crippen LogP contribution < -0.4 is 0 Å². The zero-order chi connectivity index (χ0) is 28.8. The molecular formula is C43H25N. The second-order valence-corrected chi connectivity index (χ2v) is 12.0. The molecule has 0 spiro atoms. The predicted molar refractivity (Wildman–Crippen MR) is 189 cm³/mol. The van der Waals surface area contributed by atoms with E-state index in [1.165, 1.54) is 81.3 Å². The Morgan fingerprint density at radius 1 is 0.295 bits per heavy atom. The molecule has 10 rings (SSSR count). The van der Waals surface area contributed by atoms with Gasteiger partial charge in [0.05, 0.1) is 5.52 Å². The lowest BCUT2D eigenvalue weighted by Crippen LogP contribution is -1.89. The summed E-state index contributed by atoms with van der Waals surface area (Å²) in [6.45, 7) is 0. The van der Waals surface area contributed by atoms with Gasteiger partial charge in [0.2, 0.25) is 0 Å². The van der Waals surface area contributed by atoms with Crippen LogP contribution >= 0.6 is 0 Å². The molecule has 0 N–H and O–H groups in total. The highest BCUT2D eigenvalue weighted by molar-refractivity contribution is 6.37. The van der Waals surface area contributed by atoms with Gasteiger partial charge in [-0.1, -0.05) is 121 Å². The van der Waals surface area contributed by atoms with Crippen molar-refractivity contribution in [1.29, 1.82) is 0 Å². The van der Waals surface area contributed by atoms with Crippen molar-refractivity contribution in [2.45, 2.75) is 0 Å². The van der Waals surface area contributed by atoms with E-state index < -0.39 is 0 Å². The standard InChI is InChI=1S/C43H25N/c1-2-13-39-31(6-1)22-34(25-44-39)27-16-14-26(15-17-27)33-23-32-21-20-30-8-4-11-36-35-10-3-7-28-18-19-29-9-5-12-37(42(29)40(28)35)38(24-33)43(32)41(30)36/h1-25H. The Balaban J connectivity index is 1.29. The minimum absolute atomic E-state index is 1.02. The van der Waals surface area contributed by atoms with Crippen molar-refractivity contribution >= 4 is 75.5 Å². The smallest absolute Gasteiger partial charge is 0.0702 e. The zero-order valence-corrected chi connectivity index (χ0v) is 23.9. The summed E-state index contributed by atoms with van der Waals surface area (Å²) in [5.74, 6) is 0. The molecule has 0 aliphatic rings. The summed E-state index contributed by atoms with van der Waals surface area (Å²) in [4.78, 5) is 4.69. The highest BCUT2D eigenvalue weighted by atomic mass is 14.6. The maximum atomic E-state index is 4.69. The molecule has 0 fully saturated rings. The highest BCUT2D eigenvalue weighted by Crippen LogP contribution is 2.44. The Bertz CT molecular complexity index is 2750. The van der Waals surface area contributed by atoms with Crippen molar-refractivity contribution in [1.82, 2.24) is 4.98 Å². The summed E-state index contributed by atoms with van der Waals surface area (Å²) in [6, 6.07) is 53.7. The number of rotatable bonds is 2. The fourth-order valence-electron chi connectivity index (χ4n) is 7.53. The van der Waals surface area contributed by atoms with Gasteiger partial charge in [-0.2, -0.15) is 0 Å². The fraction of sp³-hybridized carbons (Fsp3) is 0. The van der Waals surface area contributed by atoms with Crippen molar-refractivity contribution in [3.63, 3.8) is 0 Å². The van der Waals surface area contributed by atoms with Gasteiger partial charge in [0.1, 0.15) is 0 Å². The fourth-order valence-corrected chi connectivity index (χ4v) is 7.53. The topological polar surface area (TPSA) is 12.9 Å². The molecule has 1 heterocycles. The summed E-state index contributed by atoms with van der Waals surface area (Å²) < 4.78 is 0. The molecule has 202 valence electrons. The highest BCUT2D eigenvalue weighted by Gasteiger charge is 2.16. The van der Waals surface area contributed by atoms with Crippen LogP contribution in [-0.4, -0.2) is 4.98 Å². The summed E-state index contributed by atoms with van der Waals surface area (Å²) >= 11 is 0. The molecule has 0 bridgehead atoms. The number of pyridine rings is 1.